The number of nitrogens with one attached hydrogen (secondary N) is 2. The highest BCUT2D eigenvalue weighted by Crippen LogP contribution is 2.35. The zero-order chi connectivity index (χ0) is 14.7. The molecule has 1 aromatic carbocycles. The summed E-state index contributed by atoms with van der Waals surface area (Å²) in [7, 11) is 1.90. The minimum atomic E-state index is -0.142. The average Bonchev–Trinajstić information content (AvgIpc) is 2.95. The van der Waals surface area contributed by atoms with Gasteiger partial charge in [-0.25, -0.2) is 4.98 Å². The fourth-order valence-electron chi connectivity index (χ4n) is 2.06. The van der Waals surface area contributed by atoms with Crippen molar-refractivity contribution < 1.29 is 9.47 Å². The topological polar surface area (TPSA) is 76.2 Å². The summed E-state index contributed by atoms with van der Waals surface area (Å²) in [6.07, 6.45) is 1.51. The maximum atomic E-state index is 11.2. The highest BCUT2D eigenvalue weighted by molar-refractivity contribution is 7.99. The molecular formula is C14H15N3O3S. The molecule has 2 aromatic rings. The normalized spacial score (nSPS) is 14.1. The summed E-state index contributed by atoms with van der Waals surface area (Å²) >= 11 is 1.49. The van der Waals surface area contributed by atoms with Gasteiger partial charge in [-0.05, 0) is 24.7 Å². The number of fused-ring (bicyclic) bond motifs is 1. The lowest BCUT2D eigenvalue weighted by Gasteiger charge is -2.16. The van der Waals surface area contributed by atoms with Crippen LogP contribution >= 0.6 is 11.8 Å². The van der Waals surface area contributed by atoms with Gasteiger partial charge in [-0.1, -0.05) is 17.8 Å². The highest BCUT2D eigenvalue weighted by atomic mass is 32.2. The molecule has 1 atom stereocenters. The molecule has 0 saturated heterocycles. The monoisotopic (exact) mass is 305 g/mol. The number of H-pyrrole nitrogens is 1. The Morgan fingerprint density at radius 2 is 2.24 bits per heavy atom. The fraction of sp³-hybridized carbons (Fsp3) is 0.286. The lowest BCUT2D eigenvalue weighted by atomic mass is 10.1. The molecule has 1 aliphatic heterocycles. The van der Waals surface area contributed by atoms with Crippen LogP contribution < -0.4 is 20.3 Å². The molecule has 21 heavy (non-hydrogen) atoms. The first kappa shape index (κ1) is 14.0. The minimum Gasteiger partial charge on any atom is -0.454 e. The van der Waals surface area contributed by atoms with Crippen LogP contribution in [-0.2, 0) is 0 Å². The van der Waals surface area contributed by atoms with E-state index in [4.69, 9.17) is 9.47 Å². The number of aromatic nitrogens is 2. The van der Waals surface area contributed by atoms with Gasteiger partial charge in [-0.3, -0.25) is 4.79 Å². The van der Waals surface area contributed by atoms with E-state index in [0.29, 0.717) is 5.16 Å². The quantitative estimate of drug-likeness (QED) is 0.645. The predicted octanol–water partition coefficient (Wildman–Crippen LogP) is 1.55. The lowest BCUT2D eigenvalue weighted by Crippen LogP contribution is -2.19. The second kappa shape index (κ2) is 6.19. The van der Waals surface area contributed by atoms with Crippen molar-refractivity contribution in [2.45, 2.75) is 11.2 Å². The summed E-state index contributed by atoms with van der Waals surface area (Å²) in [4.78, 5) is 18.1. The van der Waals surface area contributed by atoms with Gasteiger partial charge < -0.3 is 19.8 Å². The Hall–Kier alpha value is -1.99. The van der Waals surface area contributed by atoms with Crippen LogP contribution in [0.25, 0.3) is 0 Å². The van der Waals surface area contributed by atoms with E-state index >= 15 is 0 Å². The molecule has 0 spiro atoms. The van der Waals surface area contributed by atoms with Gasteiger partial charge >= 0.3 is 0 Å². The molecule has 0 fully saturated rings. The molecule has 7 heteroatoms. The zero-order valence-electron chi connectivity index (χ0n) is 11.5. The SMILES string of the molecule is CNC(CSc1nccc(=O)[nH]1)c1ccc2c(c1)OCO2. The first-order valence-corrected chi connectivity index (χ1v) is 7.50. The summed E-state index contributed by atoms with van der Waals surface area (Å²) in [5, 5.41) is 3.87. The van der Waals surface area contributed by atoms with E-state index in [9.17, 15) is 4.79 Å². The number of nitrogens with zero attached hydrogens (tertiary/aromatic N) is 1. The van der Waals surface area contributed by atoms with Crippen LogP contribution in [0.5, 0.6) is 11.5 Å². The Bertz CT molecular complexity index is 689. The Labute approximate surface area is 125 Å². The van der Waals surface area contributed by atoms with Crippen molar-refractivity contribution in [3.63, 3.8) is 0 Å². The van der Waals surface area contributed by atoms with E-state index in [0.717, 1.165) is 22.8 Å². The molecule has 0 radical (unpaired) electrons. The third-order valence-corrected chi connectivity index (χ3v) is 4.16. The number of hydrogen-bond donors (Lipinski definition) is 2. The van der Waals surface area contributed by atoms with Crippen molar-refractivity contribution in [1.82, 2.24) is 15.3 Å². The zero-order valence-corrected chi connectivity index (χ0v) is 12.3. The van der Waals surface area contributed by atoms with Crippen molar-refractivity contribution in [2.75, 3.05) is 19.6 Å². The summed E-state index contributed by atoms with van der Waals surface area (Å²) in [5.74, 6) is 2.28. The van der Waals surface area contributed by atoms with E-state index in [1.54, 1.807) is 0 Å². The van der Waals surface area contributed by atoms with Crippen LogP contribution in [0.2, 0.25) is 0 Å². The number of benzene rings is 1. The van der Waals surface area contributed by atoms with Crippen LogP contribution in [-0.4, -0.2) is 29.6 Å². The number of hydrogen-bond acceptors (Lipinski definition) is 6. The second-order valence-corrected chi connectivity index (χ2v) is 5.51. The van der Waals surface area contributed by atoms with Gasteiger partial charge in [0.2, 0.25) is 6.79 Å². The molecule has 0 aliphatic carbocycles. The maximum Gasteiger partial charge on any atom is 0.251 e. The average molecular weight is 305 g/mol. The number of thioether (sulfide) groups is 1. The summed E-state index contributed by atoms with van der Waals surface area (Å²) < 4.78 is 10.7. The molecule has 2 heterocycles. The fourth-order valence-corrected chi connectivity index (χ4v) is 3.06. The van der Waals surface area contributed by atoms with Crippen LogP contribution in [0.1, 0.15) is 11.6 Å². The van der Waals surface area contributed by atoms with Crippen molar-refractivity contribution >= 4 is 11.8 Å². The predicted molar refractivity (Wildman–Crippen MR) is 79.9 cm³/mol. The van der Waals surface area contributed by atoms with Crippen molar-refractivity contribution in [1.29, 1.82) is 0 Å². The molecule has 1 aliphatic rings. The summed E-state index contributed by atoms with van der Waals surface area (Å²) in [6.45, 7) is 0.271. The Morgan fingerprint density at radius 1 is 1.38 bits per heavy atom. The van der Waals surface area contributed by atoms with Gasteiger partial charge in [0.25, 0.3) is 5.56 Å². The van der Waals surface area contributed by atoms with E-state index in [1.807, 2.05) is 25.2 Å². The van der Waals surface area contributed by atoms with Gasteiger partial charge in [0.15, 0.2) is 16.7 Å². The second-order valence-electron chi connectivity index (χ2n) is 4.50. The number of aromatic amines is 1. The van der Waals surface area contributed by atoms with Gasteiger partial charge in [0.1, 0.15) is 0 Å². The Balaban J connectivity index is 1.71. The maximum absolute atomic E-state index is 11.2. The third kappa shape index (κ3) is 3.20. The first-order chi connectivity index (χ1) is 10.3. The molecular weight excluding hydrogens is 290 g/mol. The van der Waals surface area contributed by atoms with Crippen molar-refractivity contribution in [2.24, 2.45) is 0 Å². The Kier molecular flexibility index (Phi) is 4.12. The molecule has 0 saturated carbocycles. The van der Waals surface area contributed by atoms with E-state index in [1.165, 1.54) is 24.0 Å². The summed E-state index contributed by atoms with van der Waals surface area (Å²) in [5.41, 5.74) is 0.962. The van der Waals surface area contributed by atoms with Crippen LogP contribution in [0.15, 0.2) is 40.4 Å². The van der Waals surface area contributed by atoms with Crippen LogP contribution in [0, 0.1) is 0 Å². The molecule has 110 valence electrons. The van der Waals surface area contributed by atoms with E-state index < -0.39 is 0 Å². The molecule has 0 amide bonds. The molecule has 0 bridgehead atoms. The van der Waals surface area contributed by atoms with Crippen LogP contribution in [0.4, 0.5) is 0 Å². The number of ether oxygens (including phenoxy) is 2. The molecule has 3 rings (SSSR count). The van der Waals surface area contributed by atoms with Gasteiger partial charge in [-0.15, -0.1) is 0 Å². The largest absolute Gasteiger partial charge is 0.454 e. The van der Waals surface area contributed by atoms with Gasteiger partial charge in [0, 0.05) is 24.1 Å². The summed E-state index contributed by atoms with van der Waals surface area (Å²) in [6, 6.07) is 7.42. The minimum absolute atomic E-state index is 0.120. The molecule has 6 nitrogen and oxygen atoms in total. The first-order valence-electron chi connectivity index (χ1n) is 6.51. The van der Waals surface area contributed by atoms with E-state index in [2.05, 4.69) is 15.3 Å². The number of rotatable bonds is 5. The van der Waals surface area contributed by atoms with Gasteiger partial charge in [0.05, 0.1) is 0 Å². The van der Waals surface area contributed by atoms with Gasteiger partial charge in [-0.2, -0.15) is 0 Å². The van der Waals surface area contributed by atoms with E-state index in [-0.39, 0.29) is 18.4 Å². The smallest absolute Gasteiger partial charge is 0.251 e. The highest BCUT2D eigenvalue weighted by Gasteiger charge is 2.17. The molecule has 1 aromatic heterocycles. The van der Waals surface area contributed by atoms with Crippen molar-refractivity contribution in [3.05, 3.63) is 46.4 Å². The third-order valence-electron chi connectivity index (χ3n) is 3.18. The molecule has 1 unspecified atom stereocenters. The lowest BCUT2D eigenvalue weighted by molar-refractivity contribution is 0.174. The van der Waals surface area contributed by atoms with Crippen molar-refractivity contribution in [3.8, 4) is 11.5 Å². The van der Waals surface area contributed by atoms with Crippen LogP contribution in [0.3, 0.4) is 0 Å². The Morgan fingerprint density at radius 3 is 3.05 bits per heavy atom. The molecule has 2 N–H and O–H groups in total. The standard InChI is InChI=1S/C14H15N3O3S/c1-15-10(7-21-14-16-5-4-13(18)17-14)9-2-3-11-12(6-9)20-8-19-11/h2-6,10,15H,7-8H2,1H3,(H,16,17,18).